The van der Waals surface area contributed by atoms with E-state index in [0.29, 0.717) is 0 Å². The Hall–Kier alpha value is -2.95. The molecule has 0 spiro atoms. The first kappa shape index (κ1) is 11.5. The summed E-state index contributed by atoms with van der Waals surface area (Å²) in [5.41, 5.74) is 3.35. The smallest absolute Gasteiger partial charge is 0.266 e. The lowest BCUT2D eigenvalue weighted by atomic mass is 9.80. The molecule has 0 unspecified atom stereocenters. The van der Waals surface area contributed by atoms with Gasteiger partial charge in [0.15, 0.2) is 0 Å². The number of fused-ring (bicyclic) bond motifs is 1. The Morgan fingerprint density at radius 1 is 1.33 bits per heavy atom. The van der Waals surface area contributed by atoms with Crippen LogP contribution in [0.1, 0.15) is 0 Å². The zero-order chi connectivity index (χ0) is 13.6. The van der Waals surface area contributed by atoms with E-state index in [2.05, 4.69) is 6.58 Å². The summed E-state index contributed by atoms with van der Waals surface area (Å²) in [6.45, 7) is 3.49. The predicted octanol–water partition coefficient (Wildman–Crippen LogP) is -0.394. The average molecular weight is 240 g/mol. The van der Waals surface area contributed by atoms with Crippen LogP contribution < -0.4 is 5.73 Å². The number of hydrogen-bond acceptors (Lipinski definition) is 7. The van der Waals surface area contributed by atoms with Crippen LogP contribution in [0.15, 0.2) is 36.6 Å². The van der Waals surface area contributed by atoms with Gasteiger partial charge in [-0.1, -0.05) is 6.58 Å². The van der Waals surface area contributed by atoms with E-state index in [0.717, 1.165) is 9.80 Å². The van der Waals surface area contributed by atoms with Gasteiger partial charge in [0.2, 0.25) is 5.41 Å². The van der Waals surface area contributed by atoms with E-state index in [4.69, 9.17) is 11.0 Å². The van der Waals surface area contributed by atoms with Crippen molar-refractivity contribution in [1.29, 1.82) is 15.8 Å². The molecule has 2 aliphatic heterocycles. The lowest BCUT2D eigenvalue weighted by Crippen LogP contribution is -2.58. The molecule has 2 aliphatic rings. The van der Waals surface area contributed by atoms with Gasteiger partial charge in [0.1, 0.15) is 17.5 Å². The normalized spacial score (nSPS) is 27.4. The maximum absolute atomic E-state index is 10.7. The van der Waals surface area contributed by atoms with Crippen molar-refractivity contribution < 1.29 is 5.11 Å². The molecule has 7 heteroatoms. The van der Waals surface area contributed by atoms with E-state index in [1.54, 1.807) is 18.2 Å². The van der Waals surface area contributed by atoms with Crippen molar-refractivity contribution in [3.8, 4) is 18.2 Å². The van der Waals surface area contributed by atoms with Gasteiger partial charge in [-0.2, -0.15) is 15.8 Å². The maximum atomic E-state index is 10.7. The molecule has 0 amide bonds. The third-order valence-electron chi connectivity index (χ3n) is 3.11. The summed E-state index contributed by atoms with van der Waals surface area (Å²) in [4.78, 5) is 2.27. The highest BCUT2D eigenvalue weighted by molar-refractivity contribution is 5.54. The molecule has 0 saturated heterocycles. The molecule has 0 aromatic heterocycles. The molecule has 0 aromatic carbocycles. The molecule has 1 atom stereocenters. The third kappa shape index (κ3) is 0.856. The molecule has 0 aromatic rings. The van der Waals surface area contributed by atoms with Crippen LogP contribution in [-0.4, -0.2) is 20.8 Å². The van der Waals surface area contributed by atoms with E-state index < -0.39 is 11.3 Å². The van der Waals surface area contributed by atoms with Gasteiger partial charge in [-0.25, -0.2) is 0 Å². The van der Waals surface area contributed by atoms with Crippen molar-refractivity contribution in [2.45, 2.75) is 5.85 Å². The lowest BCUT2D eigenvalue weighted by molar-refractivity contribution is -0.159. The van der Waals surface area contributed by atoms with Gasteiger partial charge in [0.25, 0.3) is 5.85 Å². The highest BCUT2D eigenvalue weighted by Crippen LogP contribution is 2.52. The fraction of sp³-hybridized carbons (Fsp3) is 0.182. The zero-order valence-corrected chi connectivity index (χ0v) is 9.20. The molecular weight excluding hydrogens is 232 g/mol. The molecule has 2 heterocycles. The van der Waals surface area contributed by atoms with Crippen LogP contribution >= 0.6 is 0 Å². The number of nitrogens with two attached hydrogens (primary N) is 1. The highest BCUT2D eigenvalue weighted by atomic mass is 16.3. The van der Waals surface area contributed by atoms with Crippen LogP contribution in [-0.2, 0) is 0 Å². The first-order chi connectivity index (χ1) is 8.53. The summed E-state index contributed by atoms with van der Waals surface area (Å²) < 4.78 is 0. The largest absolute Gasteiger partial charge is 0.384 e. The zero-order valence-electron chi connectivity index (χ0n) is 9.20. The maximum Gasteiger partial charge on any atom is 0.266 e. The Balaban J connectivity index is 2.80. The fourth-order valence-corrected chi connectivity index (χ4v) is 2.19. The van der Waals surface area contributed by atoms with Crippen LogP contribution in [0.2, 0.25) is 0 Å². The predicted molar refractivity (Wildman–Crippen MR) is 58.5 cm³/mol. The number of nitriles is 3. The van der Waals surface area contributed by atoms with E-state index in [1.165, 1.54) is 18.6 Å². The topological polar surface area (TPSA) is 124 Å². The number of rotatable bonds is 1. The van der Waals surface area contributed by atoms with Crippen LogP contribution in [0.25, 0.3) is 0 Å². The fourth-order valence-electron chi connectivity index (χ4n) is 2.19. The number of aliphatic hydroxyl groups is 1. The van der Waals surface area contributed by atoms with Crippen molar-refractivity contribution in [3.05, 3.63) is 36.6 Å². The van der Waals surface area contributed by atoms with E-state index in [9.17, 15) is 15.6 Å². The molecule has 0 aliphatic carbocycles. The van der Waals surface area contributed by atoms with Crippen molar-refractivity contribution in [3.63, 3.8) is 0 Å². The van der Waals surface area contributed by atoms with Gasteiger partial charge in [0, 0.05) is 18.6 Å². The molecule has 2 rings (SSSR count). The molecule has 0 bridgehead atoms. The Morgan fingerprint density at radius 3 is 2.39 bits per heavy atom. The lowest BCUT2D eigenvalue weighted by Gasteiger charge is -2.39. The van der Waals surface area contributed by atoms with E-state index in [-0.39, 0.29) is 11.4 Å². The molecule has 0 radical (unpaired) electrons. The summed E-state index contributed by atoms with van der Waals surface area (Å²) in [6, 6.07) is 5.10. The Labute approximate surface area is 103 Å². The number of nitrogens with zero attached hydrogens (tertiary/aromatic N) is 5. The molecular formula is C11H8N6O. The van der Waals surface area contributed by atoms with Gasteiger partial charge >= 0.3 is 0 Å². The second-order valence-corrected chi connectivity index (χ2v) is 3.74. The van der Waals surface area contributed by atoms with Crippen molar-refractivity contribution in [2.24, 2.45) is 11.1 Å². The van der Waals surface area contributed by atoms with Crippen molar-refractivity contribution >= 4 is 0 Å². The summed E-state index contributed by atoms with van der Waals surface area (Å²) in [6.07, 6.45) is 4.04. The average Bonchev–Trinajstić information content (AvgIpc) is 2.80. The van der Waals surface area contributed by atoms with Crippen molar-refractivity contribution in [2.75, 3.05) is 0 Å². The van der Waals surface area contributed by atoms with Crippen LogP contribution in [0.4, 0.5) is 0 Å². The Morgan fingerprint density at radius 2 is 1.94 bits per heavy atom. The standard InChI is InChI=1S/C11H8N6O/c1-2-16-3-4-17-9(15)8(5-12)10(6-13,7-14)11(16,17)18/h2-4,18H,1,15H2/t11-/m1/s1. The molecule has 88 valence electrons. The van der Waals surface area contributed by atoms with E-state index in [1.807, 2.05) is 0 Å². The van der Waals surface area contributed by atoms with Gasteiger partial charge in [-0.05, 0) is 0 Å². The summed E-state index contributed by atoms with van der Waals surface area (Å²) in [5.74, 6) is -2.20. The molecule has 18 heavy (non-hydrogen) atoms. The summed E-state index contributed by atoms with van der Waals surface area (Å²) in [5, 5.41) is 38.3. The van der Waals surface area contributed by atoms with Gasteiger partial charge in [-0.15, -0.1) is 0 Å². The van der Waals surface area contributed by atoms with E-state index >= 15 is 0 Å². The Kier molecular flexibility index (Phi) is 2.10. The second-order valence-electron chi connectivity index (χ2n) is 3.74. The van der Waals surface area contributed by atoms with Crippen LogP contribution in [0.5, 0.6) is 0 Å². The highest BCUT2D eigenvalue weighted by Gasteiger charge is 2.68. The summed E-state index contributed by atoms with van der Waals surface area (Å²) >= 11 is 0. The van der Waals surface area contributed by atoms with Gasteiger partial charge in [-0.3, -0.25) is 4.90 Å². The first-order valence-electron chi connectivity index (χ1n) is 4.87. The van der Waals surface area contributed by atoms with Crippen LogP contribution in [0.3, 0.4) is 0 Å². The minimum absolute atomic E-state index is 0.122. The molecule has 3 N–H and O–H groups in total. The first-order valence-corrected chi connectivity index (χ1v) is 4.87. The molecule has 7 nitrogen and oxygen atoms in total. The van der Waals surface area contributed by atoms with Crippen molar-refractivity contribution in [1.82, 2.24) is 9.80 Å². The Bertz CT molecular complexity index is 599. The third-order valence-corrected chi connectivity index (χ3v) is 3.11. The monoisotopic (exact) mass is 240 g/mol. The minimum atomic E-state index is -2.09. The van der Waals surface area contributed by atoms with Gasteiger partial charge in [0.05, 0.1) is 12.1 Å². The number of hydrogen-bond donors (Lipinski definition) is 2. The second kappa shape index (κ2) is 3.27. The quantitative estimate of drug-likeness (QED) is 0.639. The van der Waals surface area contributed by atoms with Crippen LogP contribution in [0, 0.1) is 39.4 Å². The SMILES string of the molecule is C=CN1C=CN2C(N)=C(C#N)C(C#N)(C#N)[C@@]12O. The minimum Gasteiger partial charge on any atom is -0.384 e. The summed E-state index contributed by atoms with van der Waals surface area (Å²) in [7, 11) is 0. The molecule has 0 fully saturated rings. The molecule has 0 saturated carbocycles. The van der Waals surface area contributed by atoms with Gasteiger partial charge < -0.3 is 15.7 Å².